The highest BCUT2D eigenvalue weighted by molar-refractivity contribution is 6.22. The number of imide groups is 1. The maximum absolute atomic E-state index is 12.8. The van der Waals surface area contributed by atoms with E-state index in [1.165, 1.54) is 4.90 Å². The molecule has 0 N–H and O–H groups in total. The van der Waals surface area contributed by atoms with Crippen LogP contribution in [-0.2, 0) is 9.59 Å². The number of ether oxygens (including phenoxy) is 1. The van der Waals surface area contributed by atoms with Gasteiger partial charge in [0.2, 0.25) is 5.91 Å². The predicted molar refractivity (Wildman–Crippen MR) is 92.2 cm³/mol. The molecule has 130 valence electrons. The van der Waals surface area contributed by atoms with Crippen LogP contribution in [0, 0.1) is 0 Å². The van der Waals surface area contributed by atoms with E-state index in [0.29, 0.717) is 12.3 Å². The summed E-state index contributed by atoms with van der Waals surface area (Å²) >= 11 is 0. The molecular formula is C18H25N3O3. The van der Waals surface area contributed by atoms with Crippen molar-refractivity contribution in [1.29, 1.82) is 0 Å². The average Bonchev–Trinajstić information content (AvgIpc) is 2.73. The van der Waals surface area contributed by atoms with E-state index in [2.05, 4.69) is 16.8 Å². The van der Waals surface area contributed by atoms with Crippen molar-refractivity contribution >= 4 is 17.5 Å². The molecule has 0 bridgehead atoms. The van der Waals surface area contributed by atoms with Gasteiger partial charge in [-0.25, -0.2) is 4.90 Å². The zero-order chi connectivity index (χ0) is 17.1. The lowest BCUT2D eigenvalue weighted by Crippen LogP contribution is -2.43. The molecule has 0 aromatic heterocycles. The quantitative estimate of drug-likeness (QED) is 0.780. The number of carbonyl (C=O) groups is 2. The molecule has 1 aromatic rings. The molecule has 0 aliphatic carbocycles. The van der Waals surface area contributed by atoms with E-state index in [0.717, 1.165) is 38.3 Å². The molecule has 2 amide bonds. The molecule has 2 fully saturated rings. The predicted octanol–water partition coefficient (Wildman–Crippen LogP) is 1.35. The fourth-order valence-electron chi connectivity index (χ4n) is 3.41. The second-order valence-corrected chi connectivity index (χ2v) is 6.41. The third-order valence-electron chi connectivity index (χ3n) is 4.72. The summed E-state index contributed by atoms with van der Waals surface area (Å²) in [6.45, 7) is 6.18. The van der Waals surface area contributed by atoms with Crippen molar-refractivity contribution in [3.05, 3.63) is 24.3 Å². The van der Waals surface area contributed by atoms with Crippen LogP contribution in [-0.4, -0.2) is 67.5 Å². The van der Waals surface area contributed by atoms with Gasteiger partial charge in [-0.05, 0) is 51.2 Å². The van der Waals surface area contributed by atoms with Crippen LogP contribution in [0.5, 0.6) is 5.75 Å². The van der Waals surface area contributed by atoms with Gasteiger partial charge in [0.1, 0.15) is 5.75 Å². The fourth-order valence-corrected chi connectivity index (χ4v) is 3.41. The molecule has 2 aliphatic heterocycles. The summed E-state index contributed by atoms with van der Waals surface area (Å²) in [6, 6.07) is 6.83. The summed E-state index contributed by atoms with van der Waals surface area (Å²) in [5.41, 5.74) is 0.628. The van der Waals surface area contributed by atoms with Gasteiger partial charge >= 0.3 is 0 Å². The van der Waals surface area contributed by atoms with Gasteiger partial charge in [0.05, 0.1) is 24.8 Å². The summed E-state index contributed by atoms with van der Waals surface area (Å²) in [6.07, 6.45) is 1.30. The SMILES string of the molecule is CCOc1ccc(N2C(=O)CC(N3CCCN(C)CC3)C2=O)cc1. The van der Waals surface area contributed by atoms with Crippen LogP contribution in [0.15, 0.2) is 24.3 Å². The van der Waals surface area contributed by atoms with Crippen molar-refractivity contribution in [1.82, 2.24) is 9.80 Å². The van der Waals surface area contributed by atoms with E-state index in [9.17, 15) is 9.59 Å². The normalized spacial score (nSPS) is 23.6. The number of benzene rings is 1. The molecule has 2 aliphatic rings. The first-order valence-corrected chi connectivity index (χ1v) is 8.62. The van der Waals surface area contributed by atoms with Crippen molar-refractivity contribution in [3.63, 3.8) is 0 Å². The van der Waals surface area contributed by atoms with Crippen LogP contribution >= 0.6 is 0 Å². The number of likely N-dealkylation sites (N-methyl/N-ethyl adjacent to an activating group) is 1. The van der Waals surface area contributed by atoms with Crippen molar-refractivity contribution in [3.8, 4) is 5.75 Å². The van der Waals surface area contributed by atoms with E-state index in [1.54, 1.807) is 24.3 Å². The number of hydrogen-bond acceptors (Lipinski definition) is 5. The molecule has 0 spiro atoms. The van der Waals surface area contributed by atoms with E-state index < -0.39 is 0 Å². The molecule has 0 saturated carbocycles. The van der Waals surface area contributed by atoms with Crippen LogP contribution < -0.4 is 9.64 Å². The van der Waals surface area contributed by atoms with Crippen LogP contribution in [0.25, 0.3) is 0 Å². The first-order chi connectivity index (χ1) is 11.6. The molecule has 2 heterocycles. The maximum atomic E-state index is 12.8. The summed E-state index contributed by atoms with van der Waals surface area (Å²) in [4.78, 5) is 31.0. The van der Waals surface area contributed by atoms with Gasteiger partial charge < -0.3 is 9.64 Å². The lowest BCUT2D eigenvalue weighted by molar-refractivity contribution is -0.122. The second-order valence-electron chi connectivity index (χ2n) is 6.41. The minimum absolute atomic E-state index is 0.103. The smallest absolute Gasteiger partial charge is 0.251 e. The first-order valence-electron chi connectivity index (χ1n) is 8.62. The molecule has 2 saturated heterocycles. The largest absolute Gasteiger partial charge is 0.494 e. The van der Waals surface area contributed by atoms with E-state index >= 15 is 0 Å². The molecule has 3 rings (SSSR count). The Morgan fingerprint density at radius 1 is 1.08 bits per heavy atom. The topological polar surface area (TPSA) is 53.1 Å². The lowest BCUT2D eigenvalue weighted by Gasteiger charge is -2.25. The summed E-state index contributed by atoms with van der Waals surface area (Å²) in [5.74, 6) is 0.521. The summed E-state index contributed by atoms with van der Waals surface area (Å²) < 4.78 is 5.42. The highest BCUT2D eigenvalue weighted by Gasteiger charge is 2.42. The number of anilines is 1. The van der Waals surface area contributed by atoms with Crippen LogP contribution in [0.1, 0.15) is 19.8 Å². The Balaban J connectivity index is 1.73. The Bertz CT molecular complexity index is 602. The van der Waals surface area contributed by atoms with Crippen LogP contribution in [0.2, 0.25) is 0 Å². The summed E-state index contributed by atoms with van der Waals surface area (Å²) in [5, 5.41) is 0. The highest BCUT2D eigenvalue weighted by atomic mass is 16.5. The Morgan fingerprint density at radius 2 is 1.83 bits per heavy atom. The van der Waals surface area contributed by atoms with Crippen LogP contribution in [0.3, 0.4) is 0 Å². The second kappa shape index (κ2) is 7.32. The highest BCUT2D eigenvalue weighted by Crippen LogP contribution is 2.27. The Kier molecular flexibility index (Phi) is 5.16. The number of amides is 2. The minimum Gasteiger partial charge on any atom is -0.494 e. The van der Waals surface area contributed by atoms with Crippen molar-refractivity contribution in [2.24, 2.45) is 0 Å². The molecule has 1 atom stereocenters. The Morgan fingerprint density at radius 3 is 2.54 bits per heavy atom. The fraction of sp³-hybridized carbons (Fsp3) is 0.556. The van der Waals surface area contributed by atoms with Gasteiger partial charge in [-0.15, -0.1) is 0 Å². The number of hydrogen-bond donors (Lipinski definition) is 0. The molecule has 24 heavy (non-hydrogen) atoms. The third kappa shape index (κ3) is 3.44. The average molecular weight is 331 g/mol. The van der Waals surface area contributed by atoms with Gasteiger partial charge in [0.25, 0.3) is 5.91 Å². The van der Waals surface area contributed by atoms with Crippen LogP contribution in [0.4, 0.5) is 5.69 Å². The number of nitrogens with zero attached hydrogens (tertiary/aromatic N) is 3. The van der Waals surface area contributed by atoms with E-state index in [4.69, 9.17) is 4.74 Å². The molecular weight excluding hydrogens is 306 g/mol. The number of rotatable bonds is 4. The number of carbonyl (C=O) groups excluding carboxylic acids is 2. The lowest BCUT2D eigenvalue weighted by atomic mass is 10.2. The monoisotopic (exact) mass is 331 g/mol. The zero-order valence-electron chi connectivity index (χ0n) is 14.4. The maximum Gasteiger partial charge on any atom is 0.251 e. The Hall–Kier alpha value is -1.92. The standard InChI is InChI=1S/C18H25N3O3/c1-3-24-15-7-5-14(6-8-15)21-17(22)13-16(18(21)23)20-10-4-9-19(2)11-12-20/h5-8,16H,3-4,9-13H2,1-2H3. The molecule has 0 radical (unpaired) electrons. The van der Waals surface area contributed by atoms with Crippen molar-refractivity contribution in [2.45, 2.75) is 25.8 Å². The van der Waals surface area contributed by atoms with Gasteiger partial charge in [0, 0.05) is 19.6 Å². The first kappa shape index (κ1) is 16.9. The van der Waals surface area contributed by atoms with E-state index in [1.807, 2.05) is 6.92 Å². The summed E-state index contributed by atoms with van der Waals surface area (Å²) in [7, 11) is 2.09. The van der Waals surface area contributed by atoms with Gasteiger partial charge in [-0.3, -0.25) is 14.5 Å². The molecule has 6 heteroatoms. The van der Waals surface area contributed by atoms with Gasteiger partial charge in [-0.2, -0.15) is 0 Å². The van der Waals surface area contributed by atoms with Gasteiger partial charge in [0.15, 0.2) is 0 Å². The molecule has 1 unspecified atom stereocenters. The third-order valence-corrected chi connectivity index (χ3v) is 4.72. The minimum atomic E-state index is -0.324. The van der Waals surface area contributed by atoms with Gasteiger partial charge in [-0.1, -0.05) is 0 Å². The molecule has 6 nitrogen and oxygen atoms in total. The molecule has 1 aromatic carbocycles. The van der Waals surface area contributed by atoms with Crippen molar-refractivity contribution in [2.75, 3.05) is 44.7 Å². The zero-order valence-corrected chi connectivity index (χ0v) is 14.4. The Labute approximate surface area is 143 Å². The van der Waals surface area contributed by atoms with E-state index in [-0.39, 0.29) is 24.3 Å². The van der Waals surface area contributed by atoms with Crippen molar-refractivity contribution < 1.29 is 14.3 Å².